The minimum atomic E-state index is -0.331. The Bertz CT molecular complexity index is 498. The molecule has 1 aromatic heterocycles. The Balaban J connectivity index is 1.90. The van der Waals surface area contributed by atoms with Gasteiger partial charge in [-0.2, -0.15) is 0 Å². The Morgan fingerprint density at radius 2 is 2.32 bits per heavy atom. The second-order valence-corrected chi connectivity index (χ2v) is 6.13. The molecule has 2 amide bonds. The second-order valence-electron chi connectivity index (χ2n) is 6.13. The van der Waals surface area contributed by atoms with Crippen molar-refractivity contribution in [1.82, 2.24) is 10.2 Å². The highest BCUT2D eigenvalue weighted by atomic mass is 16.3. The van der Waals surface area contributed by atoms with Gasteiger partial charge in [0.25, 0.3) is 0 Å². The van der Waals surface area contributed by atoms with Gasteiger partial charge >= 0.3 is 0 Å². The fourth-order valence-corrected chi connectivity index (χ4v) is 2.70. The SMILES string of the molecule is CC(C)C(CCO)NC(=O)C1CC(=O)N(Cc2ccco2)C1. The van der Waals surface area contributed by atoms with E-state index in [0.29, 0.717) is 19.5 Å². The average Bonchev–Trinajstić information content (AvgIpc) is 3.09. The van der Waals surface area contributed by atoms with Crippen molar-refractivity contribution in [3.63, 3.8) is 0 Å². The minimum absolute atomic E-state index is 0.0280. The van der Waals surface area contributed by atoms with Gasteiger partial charge in [0.15, 0.2) is 0 Å². The molecular weight excluding hydrogens is 284 g/mol. The molecule has 22 heavy (non-hydrogen) atoms. The summed E-state index contributed by atoms with van der Waals surface area (Å²) in [4.78, 5) is 26.0. The fraction of sp³-hybridized carbons (Fsp3) is 0.625. The molecule has 2 heterocycles. The van der Waals surface area contributed by atoms with Gasteiger partial charge < -0.3 is 19.7 Å². The first-order valence-corrected chi connectivity index (χ1v) is 7.72. The van der Waals surface area contributed by atoms with Crippen molar-refractivity contribution in [1.29, 1.82) is 0 Å². The zero-order valence-electron chi connectivity index (χ0n) is 13.1. The Morgan fingerprint density at radius 1 is 1.55 bits per heavy atom. The third-order valence-electron chi connectivity index (χ3n) is 4.08. The minimum Gasteiger partial charge on any atom is -0.467 e. The molecule has 2 atom stereocenters. The molecule has 0 aliphatic carbocycles. The summed E-state index contributed by atoms with van der Waals surface area (Å²) in [6.07, 6.45) is 2.33. The number of amides is 2. The predicted molar refractivity (Wildman–Crippen MR) is 80.7 cm³/mol. The van der Waals surface area contributed by atoms with E-state index in [-0.39, 0.29) is 42.7 Å². The Labute approximate surface area is 130 Å². The van der Waals surface area contributed by atoms with Crippen molar-refractivity contribution >= 4 is 11.8 Å². The fourth-order valence-electron chi connectivity index (χ4n) is 2.70. The lowest BCUT2D eigenvalue weighted by molar-refractivity contribution is -0.129. The summed E-state index contributed by atoms with van der Waals surface area (Å²) in [5, 5.41) is 12.0. The van der Waals surface area contributed by atoms with E-state index in [2.05, 4.69) is 5.32 Å². The Morgan fingerprint density at radius 3 is 2.91 bits per heavy atom. The van der Waals surface area contributed by atoms with Crippen LogP contribution >= 0.6 is 0 Å². The molecule has 6 nitrogen and oxygen atoms in total. The van der Waals surface area contributed by atoms with E-state index in [1.807, 2.05) is 19.9 Å². The molecule has 1 fully saturated rings. The molecule has 6 heteroatoms. The van der Waals surface area contributed by atoms with E-state index in [4.69, 9.17) is 9.52 Å². The molecule has 1 aromatic rings. The zero-order valence-corrected chi connectivity index (χ0v) is 13.1. The van der Waals surface area contributed by atoms with Gasteiger partial charge in [-0.15, -0.1) is 0 Å². The van der Waals surface area contributed by atoms with Crippen LogP contribution in [-0.2, 0) is 16.1 Å². The normalized spacial score (nSPS) is 19.7. The number of furan rings is 1. The van der Waals surface area contributed by atoms with Gasteiger partial charge in [0.1, 0.15) is 5.76 Å². The highest BCUT2D eigenvalue weighted by Crippen LogP contribution is 2.21. The van der Waals surface area contributed by atoms with Crippen LogP contribution in [0.2, 0.25) is 0 Å². The summed E-state index contributed by atoms with van der Waals surface area (Å²) in [6, 6.07) is 3.53. The Hall–Kier alpha value is -1.82. The first kappa shape index (κ1) is 16.5. The molecule has 1 aliphatic rings. The zero-order chi connectivity index (χ0) is 16.1. The molecule has 1 saturated heterocycles. The lowest BCUT2D eigenvalue weighted by atomic mass is 9.99. The van der Waals surface area contributed by atoms with Gasteiger partial charge in [-0.1, -0.05) is 13.8 Å². The maximum Gasteiger partial charge on any atom is 0.225 e. The van der Waals surface area contributed by atoms with Crippen LogP contribution in [0.4, 0.5) is 0 Å². The molecule has 0 saturated carbocycles. The Kier molecular flexibility index (Phi) is 5.60. The number of hydrogen-bond donors (Lipinski definition) is 2. The number of nitrogens with one attached hydrogen (secondary N) is 1. The van der Waals surface area contributed by atoms with Crippen LogP contribution < -0.4 is 5.32 Å². The lowest BCUT2D eigenvalue weighted by Gasteiger charge is -2.23. The molecule has 0 radical (unpaired) electrons. The van der Waals surface area contributed by atoms with Gasteiger partial charge in [0.05, 0.1) is 18.7 Å². The van der Waals surface area contributed by atoms with E-state index in [1.165, 1.54) is 0 Å². The van der Waals surface area contributed by atoms with Gasteiger partial charge in [0, 0.05) is 25.6 Å². The van der Waals surface area contributed by atoms with Gasteiger partial charge in [-0.05, 0) is 24.5 Å². The van der Waals surface area contributed by atoms with E-state index >= 15 is 0 Å². The third-order valence-corrected chi connectivity index (χ3v) is 4.08. The van der Waals surface area contributed by atoms with E-state index in [9.17, 15) is 9.59 Å². The number of rotatable bonds is 7. The summed E-state index contributed by atoms with van der Waals surface area (Å²) in [5.41, 5.74) is 0. The van der Waals surface area contributed by atoms with Crippen molar-refractivity contribution in [2.24, 2.45) is 11.8 Å². The number of aliphatic hydroxyl groups excluding tert-OH is 1. The second kappa shape index (κ2) is 7.45. The van der Waals surface area contributed by atoms with Crippen molar-refractivity contribution < 1.29 is 19.1 Å². The summed E-state index contributed by atoms with van der Waals surface area (Å²) < 4.78 is 5.25. The van der Waals surface area contributed by atoms with Gasteiger partial charge in [-0.3, -0.25) is 9.59 Å². The van der Waals surface area contributed by atoms with Crippen molar-refractivity contribution in [3.05, 3.63) is 24.2 Å². The first-order chi connectivity index (χ1) is 10.5. The topological polar surface area (TPSA) is 82.8 Å². The van der Waals surface area contributed by atoms with Gasteiger partial charge in [0.2, 0.25) is 11.8 Å². The first-order valence-electron chi connectivity index (χ1n) is 7.72. The molecule has 2 N–H and O–H groups in total. The predicted octanol–water partition coefficient (Wildman–Crippen LogP) is 1.15. The van der Waals surface area contributed by atoms with Crippen LogP contribution in [0, 0.1) is 11.8 Å². The lowest BCUT2D eigenvalue weighted by Crippen LogP contribution is -2.43. The van der Waals surface area contributed by atoms with E-state index < -0.39 is 0 Å². The smallest absolute Gasteiger partial charge is 0.225 e. The third kappa shape index (κ3) is 4.10. The molecule has 0 aromatic carbocycles. The van der Waals surface area contributed by atoms with E-state index in [0.717, 1.165) is 5.76 Å². The van der Waals surface area contributed by atoms with E-state index in [1.54, 1.807) is 17.2 Å². The molecule has 1 aliphatic heterocycles. The summed E-state index contributed by atoms with van der Waals surface area (Å²) >= 11 is 0. The number of hydrogen-bond acceptors (Lipinski definition) is 4. The number of likely N-dealkylation sites (tertiary alicyclic amines) is 1. The number of carbonyl (C=O) groups is 2. The molecular formula is C16H24N2O4. The largest absolute Gasteiger partial charge is 0.467 e. The van der Waals surface area contributed by atoms with Crippen LogP contribution in [0.5, 0.6) is 0 Å². The summed E-state index contributed by atoms with van der Waals surface area (Å²) in [7, 11) is 0. The van der Waals surface area contributed by atoms with Crippen molar-refractivity contribution in [2.75, 3.05) is 13.2 Å². The van der Waals surface area contributed by atoms with Crippen molar-refractivity contribution in [2.45, 2.75) is 39.3 Å². The molecule has 0 spiro atoms. The summed E-state index contributed by atoms with van der Waals surface area (Å²) in [5.74, 6) is 0.492. The van der Waals surface area contributed by atoms with Crippen LogP contribution in [0.15, 0.2) is 22.8 Å². The quantitative estimate of drug-likeness (QED) is 0.791. The molecule has 2 rings (SSSR count). The standard InChI is InChI=1S/C16H24N2O4/c1-11(2)14(5-6-19)17-16(21)12-8-15(20)18(9-12)10-13-4-3-7-22-13/h3-4,7,11-12,14,19H,5-6,8-10H2,1-2H3,(H,17,21). The highest BCUT2D eigenvalue weighted by Gasteiger charge is 2.35. The summed E-state index contributed by atoms with van der Waals surface area (Å²) in [6.45, 7) is 4.86. The number of aliphatic hydroxyl groups is 1. The molecule has 122 valence electrons. The molecule has 2 unspecified atom stereocenters. The molecule has 0 bridgehead atoms. The average molecular weight is 308 g/mol. The maximum atomic E-state index is 12.3. The number of nitrogens with zero attached hydrogens (tertiary/aromatic N) is 1. The van der Waals surface area contributed by atoms with Crippen LogP contribution in [0.25, 0.3) is 0 Å². The van der Waals surface area contributed by atoms with Crippen LogP contribution in [0.3, 0.4) is 0 Å². The van der Waals surface area contributed by atoms with Crippen LogP contribution in [-0.4, -0.2) is 41.0 Å². The highest BCUT2D eigenvalue weighted by molar-refractivity contribution is 5.89. The van der Waals surface area contributed by atoms with Crippen LogP contribution in [0.1, 0.15) is 32.4 Å². The number of carbonyl (C=O) groups excluding carboxylic acids is 2. The van der Waals surface area contributed by atoms with Crippen molar-refractivity contribution in [3.8, 4) is 0 Å². The van der Waals surface area contributed by atoms with Gasteiger partial charge in [-0.25, -0.2) is 0 Å². The maximum absolute atomic E-state index is 12.3. The monoisotopic (exact) mass is 308 g/mol.